The molecule has 25 heavy (non-hydrogen) atoms. The molecular formula is C19H17BrN4O. The molecule has 0 spiro atoms. The van der Waals surface area contributed by atoms with Crippen molar-refractivity contribution in [3.8, 4) is 0 Å². The van der Waals surface area contributed by atoms with E-state index in [0.29, 0.717) is 23.7 Å². The summed E-state index contributed by atoms with van der Waals surface area (Å²) in [5, 5.41) is 6.04. The second kappa shape index (κ2) is 7.90. The number of carbonyl (C=O) groups is 1. The quantitative estimate of drug-likeness (QED) is 0.669. The number of hydrogen-bond donors (Lipinski definition) is 2. The number of aryl methyl sites for hydroxylation is 1. The van der Waals surface area contributed by atoms with Crippen molar-refractivity contribution in [3.63, 3.8) is 0 Å². The Morgan fingerprint density at radius 2 is 1.88 bits per heavy atom. The average Bonchev–Trinajstić information content (AvgIpc) is 2.64. The average molecular weight is 397 g/mol. The van der Waals surface area contributed by atoms with Crippen molar-refractivity contribution < 1.29 is 4.79 Å². The van der Waals surface area contributed by atoms with Crippen LogP contribution in [0.5, 0.6) is 0 Å². The molecule has 126 valence electrons. The highest BCUT2D eigenvalue weighted by Crippen LogP contribution is 2.21. The SMILES string of the molecule is Cc1ccc(NC(=O)c2cc(NCc3ccccc3)ncn2)cc1Br. The molecule has 0 aliphatic carbocycles. The Morgan fingerprint density at radius 3 is 2.64 bits per heavy atom. The minimum atomic E-state index is -0.277. The number of nitrogens with one attached hydrogen (secondary N) is 2. The summed E-state index contributed by atoms with van der Waals surface area (Å²) in [6.07, 6.45) is 1.38. The van der Waals surface area contributed by atoms with Crippen molar-refractivity contribution in [1.82, 2.24) is 9.97 Å². The molecule has 0 atom stereocenters. The molecule has 1 heterocycles. The molecule has 0 saturated heterocycles. The normalized spacial score (nSPS) is 10.3. The monoisotopic (exact) mass is 396 g/mol. The van der Waals surface area contributed by atoms with Gasteiger partial charge in [0.1, 0.15) is 17.8 Å². The number of anilines is 2. The smallest absolute Gasteiger partial charge is 0.274 e. The van der Waals surface area contributed by atoms with Gasteiger partial charge in [0, 0.05) is 22.8 Å². The van der Waals surface area contributed by atoms with Crippen LogP contribution in [-0.2, 0) is 6.54 Å². The molecule has 2 aromatic carbocycles. The molecule has 0 aliphatic heterocycles. The van der Waals surface area contributed by atoms with Crippen LogP contribution in [0.3, 0.4) is 0 Å². The van der Waals surface area contributed by atoms with Crippen LogP contribution in [0.2, 0.25) is 0 Å². The highest BCUT2D eigenvalue weighted by Gasteiger charge is 2.10. The Kier molecular flexibility index (Phi) is 5.40. The van der Waals surface area contributed by atoms with Gasteiger partial charge in [0.05, 0.1) is 0 Å². The first-order valence-electron chi connectivity index (χ1n) is 7.79. The van der Waals surface area contributed by atoms with Crippen molar-refractivity contribution >= 4 is 33.3 Å². The number of benzene rings is 2. The van der Waals surface area contributed by atoms with Crippen molar-refractivity contribution in [2.24, 2.45) is 0 Å². The van der Waals surface area contributed by atoms with E-state index >= 15 is 0 Å². The number of nitrogens with zero attached hydrogens (tertiary/aromatic N) is 2. The Morgan fingerprint density at radius 1 is 1.08 bits per heavy atom. The molecule has 1 aromatic heterocycles. The summed E-state index contributed by atoms with van der Waals surface area (Å²) in [4.78, 5) is 20.6. The number of hydrogen-bond acceptors (Lipinski definition) is 4. The number of aromatic nitrogens is 2. The molecule has 0 unspecified atom stereocenters. The van der Waals surface area contributed by atoms with Gasteiger partial charge in [0.15, 0.2) is 0 Å². The molecular weight excluding hydrogens is 380 g/mol. The zero-order valence-corrected chi connectivity index (χ0v) is 15.2. The second-order valence-electron chi connectivity index (χ2n) is 5.55. The minimum Gasteiger partial charge on any atom is -0.366 e. The predicted molar refractivity (Wildman–Crippen MR) is 103 cm³/mol. The lowest BCUT2D eigenvalue weighted by molar-refractivity contribution is 0.102. The van der Waals surface area contributed by atoms with Crippen molar-refractivity contribution in [1.29, 1.82) is 0 Å². The van der Waals surface area contributed by atoms with E-state index in [0.717, 1.165) is 15.6 Å². The fraction of sp³-hybridized carbons (Fsp3) is 0.105. The number of amides is 1. The zero-order valence-electron chi connectivity index (χ0n) is 13.7. The molecule has 2 N–H and O–H groups in total. The summed E-state index contributed by atoms with van der Waals surface area (Å²) in [6.45, 7) is 2.62. The molecule has 3 rings (SSSR count). The number of carbonyl (C=O) groups excluding carboxylic acids is 1. The van der Waals surface area contributed by atoms with Gasteiger partial charge < -0.3 is 10.6 Å². The summed E-state index contributed by atoms with van der Waals surface area (Å²) in [5.41, 5.74) is 3.26. The molecule has 1 amide bonds. The topological polar surface area (TPSA) is 66.9 Å². The van der Waals surface area contributed by atoms with Gasteiger partial charge in [-0.1, -0.05) is 52.3 Å². The van der Waals surface area contributed by atoms with Gasteiger partial charge in [-0.2, -0.15) is 0 Å². The third-order valence-electron chi connectivity index (χ3n) is 3.65. The Hall–Kier alpha value is -2.73. The number of halogens is 1. The van der Waals surface area contributed by atoms with E-state index in [2.05, 4.69) is 36.5 Å². The van der Waals surface area contributed by atoms with Crippen molar-refractivity contribution in [2.75, 3.05) is 10.6 Å². The van der Waals surface area contributed by atoms with Gasteiger partial charge in [-0.05, 0) is 30.2 Å². The van der Waals surface area contributed by atoms with Crippen molar-refractivity contribution in [2.45, 2.75) is 13.5 Å². The van der Waals surface area contributed by atoms with E-state index in [9.17, 15) is 4.79 Å². The van der Waals surface area contributed by atoms with E-state index < -0.39 is 0 Å². The predicted octanol–water partition coefficient (Wildman–Crippen LogP) is 4.41. The first kappa shape index (κ1) is 17.1. The van der Waals surface area contributed by atoms with E-state index in [-0.39, 0.29) is 5.91 Å². The van der Waals surface area contributed by atoms with E-state index in [1.165, 1.54) is 6.33 Å². The summed E-state index contributed by atoms with van der Waals surface area (Å²) < 4.78 is 0.943. The zero-order chi connectivity index (χ0) is 17.6. The first-order valence-corrected chi connectivity index (χ1v) is 8.58. The lowest BCUT2D eigenvalue weighted by atomic mass is 10.2. The standard InChI is InChI=1S/C19H17BrN4O/c1-13-7-8-15(9-16(13)20)24-19(25)17-10-18(23-12-22-17)21-11-14-5-3-2-4-6-14/h2-10,12H,11H2,1H3,(H,24,25)(H,21,22,23). The van der Waals surface area contributed by atoms with Crippen LogP contribution in [0.15, 0.2) is 65.4 Å². The fourth-order valence-electron chi connectivity index (χ4n) is 2.23. The van der Waals surface area contributed by atoms with Crippen LogP contribution in [0.1, 0.15) is 21.6 Å². The highest BCUT2D eigenvalue weighted by molar-refractivity contribution is 9.10. The Balaban J connectivity index is 1.67. The summed E-state index contributed by atoms with van der Waals surface area (Å²) in [6, 6.07) is 17.3. The summed E-state index contributed by atoms with van der Waals surface area (Å²) in [5.74, 6) is 0.329. The lowest BCUT2D eigenvalue weighted by Gasteiger charge is -2.08. The molecule has 0 radical (unpaired) electrons. The maximum absolute atomic E-state index is 12.4. The van der Waals surface area contributed by atoms with E-state index in [1.54, 1.807) is 6.07 Å². The van der Waals surface area contributed by atoms with Gasteiger partial charge in [0.25, 0.3) is 5.91 Å². The van der Waals surface area contributed by atoms with Crippen molar-refractivity contribution in [3.05, 3.63) is 82.2 Å². The first-order chi connectivity index (χ1) is 12.1. The molecule has 0 saturated carbocycles. The third-order valence-corrected chi connectivity index (χ3v) is 4.50. The summed E-state index contributed by atoms with van der Waals surface area (Å²) in [7, 11) is 0. The Bertz CT molecular complexity index is 884. The maximum Gasteiger partial charge on any atom is 0.274 e. The van der Waals surface area contributed by atoms with Gasteiger partial charge in [-0.15, -0.1) is 0 Å². The van der Waals surface area contributed by atoms with Crippen LogP contribution in [0.25, 0.3) is 0 Å². The molecule has 6 heteroatoms. The molecule has 0 bridgehead atoms. The van der Waals surface area contributed by atoms with Gasteiger partial charge >= 0.3 is 0 Å². The van der Waals surface area contributed by atoms with Gasteiger partial charge in [-0.3, -0.25) is 4.79 Å². The molecule has 3 aromatic rings. The lowest BCUT2D eigenvalue weighted by Crippen LogP contribution is -2.14. The Labute approximate surface area is 154 Å². The van der Waals surface area contributed by atoms with Crippen LogP contribution in [0, 0.1) is 6.92 Å². The minimum absolute atomic E-state index is 0.277. The van der Waals surface area contributed by atoms with E-state index in [4.69, 9.17) is 0 Å². The third kappa shape index (κ3) is 4.64. The van der Waals surface area contributed by atoms with Crippen LogP contribution in [-0.4, -0.2) is 15.9 Å². The number of rotatable bonds is 5. The largest absolute Gasteiger partial charge is 0.366 e. The fourth-order valence-corrected chi connectivity index (χ4v) is 2.61. The van der Waals surface area contributed by atoms with Crippen LogP contribution >= 0.6 is 15.9 Å². The summed E-state index contributed by atoms with van der Waals surface area (Å²) >= 11 is 3.46. The van der Waals surface area contributed by atoms with Gasteiger partial charge in [0.2, 0.25) is 0 Å². The molecule has 0 aliphatic rings. The van der Waals surface area contributed by atoms with Gasteiger partial charge in [-0.25, -0.2) is 9.97 Å². The van der Waals surface area contributed by atoms with Crippen LogP contribution < -0.4 is 10.6 Å². The highest BCUT2D eigenvalue weighted by atomic mass is 79.9. The van der Waals surface area contributed by atoms with E-state index in [1.807, 2.05) is 55.5 Å². The maximum atomic E-state index is 12.4. The molecule has 0 fully saturated rings. The second-order valence-corrected chi connectivity index (χ2v) is 6.40. The molecule has 5 nitrogen and oxygen atoms in total. The van der Waals surface area contributed by atoms with Crippen LogP contribution in [0.4, 0.5) is 11.5 Å².